The number of carboxylic acids is 1. The number of carbonyl (C=O) groups excluding carboxylic acids is 1. The van der Waals surface area contributed by atoms with E-state index in [9.17, 15) is 9.59 Å². The van der Waals surface area contributed by atoms with E-state index in [1.807, 2.05) is 18.8 Å². The molecule has 3 N–H and O–H groups in total. The average molecular weight is 288 g/mol. The van der Waals surface area contributed by atoms with Crippen molar-refractivity contribution in [2.45, 2.75) is 55.9 Å². The Morgan fingerprint density at radius 3 is 2.68 bits per heavy atom. The van der Waals surface area contributed by atoms with Gasteiger partial charge >= 0.3 is 5.97 Å². The average Bonchev–Trinajstić information content (AvgIpc) is 2.59. The summed E-state index contributed by atoms with van der Waals surface area (Å²) in [6, 6.07) is 0. The molecule has 1 aliphatic rings. The molecule has 0 aromatic carbocycles. The van der Waals surface area contributed by atoms with Gasteiger partial charge in [-0.15, -0.1) is 0 Å². The van der Waals surface area contributed by atoms with Gasteiger partial charge < -0.3 is 15.7 Å². The monoisotopic (exact) mass is 288 g/mol. The first-order valence-electron chi connectivity index (χ1n) is 6.63. The second kappa shape index (κ2) is 6.61. The van der Waals surface area contributed by atoms with Gasteiger partial charge in [-0.3, -0.25) is 9.59 Å². The van der Waals surface area contributed by atoms with Crippen LogP contribution in [0.4, 0.5) is 0 Å². The van der Waals surface area contributed by atoms with Crippen LogP contribution in [0.15, 0.2) is 0 Å². The lowest BCUT2D eigenvalue weighted by atomic mass is 9.77. The van der Waals surface area contributed by atoms with Gasteiger partial charge in [0, 0.05) is 17.4 Å². The SMILES string of the molecule is CNC1(C)C(CCCCC(=O)O)SCC1(C)NC=O. The Morgan fingerprint density at radius 2 is 2.16 bits per heavy atom. The van der Waals surface area contributed by atoms with Crippen LogP contribution in [0.2, 0.25) is 0 Å². The molecule has 6 heteroatoms. The number of hydrogen-bond donors (Lipinski definition) is 3. The van der Waals surface area contributed by atoms with Crippen LogP contribution in [0.3, 0.4) is 0 Å². The van der Waals surface area contributed by atoms with Gasteiger partial charge in [0.2, 0.25) is 6.41 Å². The third-order valence-electron chi connectivity index (χ3n) is 4.37. The van der Waals surface area contributed by atoms with E-state index in [1.54, 1.807) is 0 Å². The molecule has 0 radical (unpaired) electrons. The molecule has 1 heterocycles. The number of amides is 1. The quantitative estimate of drug-likeness (QED) is 0.462. The molecule has 3 unspecified atom stereocenters. The number of aliphatic carboxylic acids is 1. The number of nitrogens with one attached hydrogen (secondary N) is 2. The molecule has 5 nitrogen and oxygen atoms in total. The molecule has 0 bridgehead atoms. The van der Waals surface area contributed by atoms with E-state index in [0.717, 1.165) is 25.0 Å². The molecule has 0 aromatic rings. The Morgan fingerprint density at radius 1 is 1.47 bits per heavy atom. The first-order chi connectivity index (χ1) is 8.89. The molecule has 1 aliphatic heterocycles. The number of carbonyl (C=O) groups is 2. The number of rotatable bonds is 8. The summed E-state index contributed by atoms with van der Waals surface area (Å²) in [6.07, 6.45) is 3.58. The zero-order chi connectivity index (χ0) is 14.5. The maximum Gasteiger partial charge on any atom is 0.303 e. The number of thioether (sulfide) groups is 1. The van der Waals surface area contributed by atoms with Crippen molar-refractivity contribution in [1.82, 2.24) is 10.6 Å². The van der Waals surface area contributed by atoms with Crippen LogP contribution in [0, 0.1) is 0 Å². The summed E-state index contributed by atoms with van der Waals surface area (Å²) in [5.74, 6) is 0.134. The Bertz CT molecular complexity index is 340. The van der Waals surface area contributed by atoms with Gasteiger partial charge in [0.05, 0.1) is 11.1 Å². The van der Waals surface area contributed by atoms with Gasteiger partial charge in [-0.2, -0.15) is 11.8 Å². The highest BCUT2D eigenvalue weighted by atomic mass is 32.2. The van der Waals surface area contributed by atoms with Crippen molar-refractivity contribution in [2.75, 3.05) is 12.8 Å². The minimum atomic E-state index is -0.733. The van der Waals surface area contributed by atoms with Crippen LogP contribution in [0.5, 0.6) is 0 Å². The summed E-state index contributed by atoms with van der Waals surface area (Å²) in [6.45, 7) is 4.19. The summed E-state index contributed by atoms with van der Waals surface area (Å²) in [5, 5.41) is 15.3. The van der Waals surface area contributed by atoms with Crippen molar-refractivity contribution in [1.29, 1.82) is 0 Å². The number of likely N-dealkylation sites (N-methyl/N-ethyl adjacent to an activating group) is 1. The van der Waals surface area contributed by atoms with Crippen molar-refractivity contribution in [3.05, 3.63) is 0 Å². The highest BCUT2D eigenvalue weighted by Crippen LogP contribution is 2.44. The van der Waals surface area contributed by atoms with Crippen molar-refractivity contribution in [3.63, 3.8) is 0 Å². The van der Waals surface area contributed by atoms with Crippen LogP contribution in [0.1, 0.15) is 39.5 Å². The highest BCUT2D eigenvalue weighted by Gasteiger charge is 2.54. The van der Waals surface area contributed by atoms with E-state index >= 15 is 0 Å². The highest BCUT2D eigenvalue weighted by molar-refractivity contribution is 8.00. The Hall–Kier alpha value is -0.750. The smallest absolute Gasteiger partial charge is 0.303 e. The first-order valence-corrected chi connectivity index (χ1v) is 7.68. The van der Waals surface area contributed by atoms with E-state index in [2.05, 4.69) is 24.5 Å². The molecule has 3 atom stereocenters. The first kappa shape index (κ1) is 16.3. The molecule has 1 rings (SSSR count). The van der Waals surface area contributed by atoms with Gasteiger partial charge in [-0.25, -0.2) is 0 Å². The molecule has 1 saturated heterocycles. The van der Waals surface area contributed by atoms with Crippen LogP contribution in [-0.4, -0.2) is 46.6 Å². The fourth-order valence-electron chi connectivity index (χ4n) is 2.68. The van der Waals surface area contributed by atoms with Crippen LogP contribution in [-0.2, 0) is 9.59 Å². The number of carboxylic acid groups (broad SMARTS) is 1. The van der Waals surface area contributed by atoms with Gasteiger partial charge in [0.1, 0.15) is 0 Å². The lowest BCUT2D eigenvalue weighted by molar-refractivity contribution is -0.137. The van der Waals surface area contributed by atoms with Crippen molar-refractivity contribution < 1.29 is 14.7 Å². The summed E-state index contributed by atoms with van der Waals surface area (Å²) in [5.41, 5.74) is -0.451. The van der Waals surface area contributed by atoms with E-state index in [4.69, 9.17) is 5.11 Å². The van der Waals surface area contributed by atoms with Crippen molar-refractivity contribution >= 4 is 24.1 Å². The molecule has 1 amide bonds. The second-order valence-electron chi connectivity index (χ2n) is 5.49. The summed E-state index contributed by atoms with van der Waals surface area (Å²) in [7, 11) is 1.92. The maximum absolute atomic E-state index is 10.8. The fraction of sp³-hybridized carbons (Fsp3) is 0.846. The molecule has 110 valence electrons. The largest absolute Gasteiger partial charge is 0.481 e. The van der Waals surface area contributed by atoms with Gasteiger partial charge in [-0.05, 0) is 33.7 Å². The predicted octanol–water partition coefficient (Wildman–Crippen LogP) is 1.23. The molecule has 19 heavy (non-hydrogen) atoms. The number of unbranched alkanes of at least 4 members (excludes halogenated alkanes) is 1. The zero-order valence-corrected chi connectivity index (χ0v) is 12.7. The van der Waals surface area contributed by atoms with Crippen LogP contribution < -0.4 is 10.6 Å². The zero-order valence-electron chi connectivity index (χ0n) is 11.9. The molecular weight excluding hydrogens is 264 g/mol. The van der Waals surface area contributed by atoms with Crippen molar-refractivity contribution in [3.8, 4) is 0 Å². The predicted molar refractivity (Wildman–Crippen MR) is 77.4 cm³/mol. The standard InChI is InChI=1S/C13H24N2O3S/c1-12(15-9-16)8-19-10(13(12,2)14-3)6-4-5-7-11(17)18/h9-10,14H,4-8H2,1-3H3,(H,15,16)(H,17,18). The number of hydrogen-bond acceptors (Lipinski definition) is 4. The Kier molecular flexibility index (Phi) is 5.67. The molecule has 0 spiro atoms. The van der Waals surface area contributed by atoms with Crippen molar-refractivity contribution in [2.24, 2.45) is 0 Å². The molecular formula is C13H24N2O3S. The second-order valence-corrected chi connectivity index (χ2v) is 6.68. The fourth-order valence-corrected chi connectivity index (χ4v) is 4.64. The van der Waals surface area contributed by atoms with Gasteiger partial charge in [0.15, 0.2) is 0 Å². The normalized spacial score (nSPS) is 34.2. The van der Waals surface area contributed by atoms with Gasteiger partial charge in [-0.1, -0.05) is 6.42 Å². The van der Waals surface area contributed by atoms with Crippen LogP contribution >= 0.6 is 11.8 Å². The summed E-state index contributed by atoms with van der Waals surface area (Å²) >= 11 is 1.85. The van der Waals surface area contributed by atoms with E-state index < -0.39 is 5.97 Å². The third-order valence-corrected chi connectivity index (χ3v) is 6.22. The minimum Gasteiger partial charge on any atom is -0.481 e. The Balaban J connectivity index is 2.59. The third kappa shape index (κ3) is 3.42. The molecule has 0 aromatic heterocycles. The van der Waals surface area contributed by atoms with Gasteiger partial charge in [0.25, 0.3) is 0 Å². The van der Waals surface area contributed by atoms with E-state index in [1.165, 1.54) is 0 Å². The lowest BCUT2D eigenvalue weighted by Gasteiger charge is -2.43. The van der Waals surface area contributed by atoms with Crippen LogP contribution in [0.25, 0.3) is 0 Å². The summed E-state index contributed by atoms with van der Waals surface area (Å²) in [4.78, 5) is 21.3. The molecule has 0 aliphatic carbocycles. The van der Waals surface area contributed by atoms with E-state index in [-0.39, 0.29) is 17.5 Å². The molecule has 1 fully saturated rings. The minimum absolute atomic E-state index is 0.179. The molecule has 0 saturated carbocycles. The summed E-state index contributed by atoms with van der Waals surface area (Å²) < 4.78 is 0. The maximum atomic E-state index is 10.8. The topological polar surface area (TPSA) is 78.4 Å². The Labute approximate surface area is 118 Å². The lowest BCUT2D eigenvalue weighted by Crippen LogP contribution is -2.67. The van der Waals surface area contributed by atoms with E-state index in [0.29, 0.717) is 11.7 Å².